The molecule has 0 amide bonds. The summed E-state index contributed by atoms with van der Waals surface area (Å²) in [5, 5.41) is 0. The Bertz CT molecular complexity index is 263. The molecule has 0 aliphatic heterocycles. The van der Waals surface area contributed by atoms with Crippen LogP contribution in [-0.4, -0.2) is 12.2 Å². The number of rotatable bonds is 14. The lowest BCUT2D eigenvalue weighted by atomic mass is 10.1. The van der Waals surface area contributed by atoms with Crippen LogP contribution >= 0.6 is 17.9 Å². The molecular formula is C16H35O2PS2. The molecule has 21 heavy (non-hydrogen) atoms. The minimum absolute atomic E-state index is 0.202. The molecule has 0 saturated heterocycles. The molecule has 0 aromatic heterocycles. The van der Waals surface area contributed by atoms with Crippen LogP contribution in [0.25, 0.3) is 0 Å². The van der Waals surface area contributed by atoms with E-state index in [1.807, 2.05) is 0 Å². The maximum Gasteiger partial charge on any atom is 0.244 e. The molecule has 0 bridgehead atoms. The molecule has 5 heteroatoms. The third kappa shape index (κ3) is 12.1. The summed E-state index contributed by atoms with van der Waals surface area (Å²) < 4.78 is 12.1. The van der Waals surface area contributed by atoms with Gasteiger partial charge in [-0.1, -0.05) is 78.5 Å². The predicted molar refractivity (Wildman–Crippen MR) is 102 cm³/mol. The molecule has 0 N–H and O–H groups in total. The first-order valence-corrected chi connectivity index (χ1v) is 12.5. The Morgan fingerprint density at radius 2 is 1.19 bits per heavy atom. The Hall–Kier alpha value is 0.920. The van der Waals surface area contributed by atoms with Gasteiger partial charge < -0.3 is 9.05 Å². The highest BCUT2D eigenvalue weighted by Crippen LogP contribution is 2.56. The van der Waals surface area contributed by atoms with Gasteiger partial charge in [-0.3, -0.25) is 0 Å². The number of hydrogen-bond acceptors (Lipinski definition) is 3. The number of hydrogen-bond donors (Lipinski definition) is 1. The third-order valence-corrected chi connectivity index (χ3v) is 5.95. The van der Waals surface area contributed by atoms with E-state index in [4.69, 9.17) is 20.9 Å². The van der Waals surface area contributed by atoms with Crippen molar-refractivity contribution in [2.45, 2.75) is 104 Å². The molecule has 0 aliphatic rings. The van der Waals surface area contributed by atoms with Crippen LogP contribution in [0.2, 0.25) is 0 Å². The Labute approximate surface area is 143 Å². The van der Waals surface area contributed by atoms with Crippen LogP contribution in [0.3, 0.4) is 0 Å². The van der Waals surface area contributed by atoms with E-state index >= 15 is 0 Å². The summed E-state index contributed by atoms with van der Waals surface area (Å²) in [6.07, 6.45) is 11.9. The Balaban J connectivity index is 4.25. The summed E-state index contributed by atoms with van der Waals surface area (Å²) in [6, 6.07) is 0. The van der Waals surface area contributed by atoms with Crippen molar-refractivity contribution in [1.29, 1.82) is 0 Å². The van der Waals surface area contributed by atoms with Crippen LogP contribution in [0.15, 0.2) is 0 Å². The van der Waals surface area contributed by atoms with Crippen molar-refractivity contribution in [3.63, 3.8) is 0 Å². The van der Waals surface area contributed by atoms with Crippen LogP contribution in [0, 0.1) is 0 Å². The maximum atomic E-state index is 6.04. The lowest BCUT2D eigenvalue weighted by Gasteiger charge is -2.27. The third-order valence-electron chi connectivity index (χ3n) is 3.73. The van der Waals surface area contributed by atoms with Crippen molar-refractivity contribution < 1.29 is 9.05 Å². The van der Waals surface area contributed by atoms with Crippen LogP contribution in [0.1, 0.15) is 91.9 Å². The monoisotopic (exact) mass is 354 g/mol. The second-order valence-electron chi connectivity index (χ2n) is 5.73. The topological polar surface area (TPSA) is 18.5 Å². The highest BCUT2D eigenvalue weighted by Gasteiger charge is 2.23. The van der Waals surface area contributed by atoms with E-state index in [-0.39, 0.29) is 12.2 Å². The normalized spacial score (nSPS) is 17.4. The van der Waals surface area contributed by atoms with Crippen molar-refractivity contribution in [2.75, 3.05) is 0 Å². The first-order chi connectivity index (χ1) is 9.99. The second kappa shape index (κ2) is 13.4. The van der Waals surface area contributed by atoms with Gasteiger partial charge in [-0.2, -0.15) is 0 Å². The first kappa shape index (κ1) is 21.9. The summed E-state index contributed by atoms with van der Waals surface area (Å²) >= 11 is 10.1. The molecule has 128 valence electrons. The first-order valence-electron chi connectivity index (χ1n) is 8.68. The van der Waals surface area contributed by atoms with E-state index < -0.39 is 5.69 Å². The van der Waals surface area contributed by atoms with Crippen LogP contribution in [0.4, 0.5) is 0 Å². The van der Waals surface area contributed by atoms with Crippen molar-refractivity contribution >= 4 is 29.7 Å². The Kier molecular flexibility index (Phi) is 14.0. The largest absolute Gasteiger partial charge is 0.318 e. The van der Waals surface area contributed by atoms with Crippen molar-refractivity contribution in [1.82, 2.24) is 0 Å². The quantitative estimate of drug-likeness (QED) is 0.208. The van der Waals surface area contributed by atoms with E-state index in [0.717, 1.165) is 25.7 Å². The van der Waals surface area contributed by atoms with Gasteiger partial charge in [0.15, 0.2) is 0 Å². The minimum Gasteiger partial charge on any atom is -0.318 e. The van der Waals surface area contributed by atoms with Gasteiger partial charge in [-0.25, -0.2) is 0 Å². The predicted octanol–water partition coefficient (Wildman–Crippen LogP) is 6.89. The van der Waals surface area contributed by atoms with Crippen molar-refractivity contribution in [2.24, 2.45) is 0 Å². The van der Waals surface area contributed by atoms with Gasteiger partial charge in [-0.15, -0.1) is 0 Å². The number of thiol groups is 1. The highest BCUT2D eigenvalue weighted by molar-refractivity contribution is 8.60. The molecule has 0 aliphatic carbocycles. The molecule has 0 rings (SSSR count). The Morgan fingerprint density at radius 1 is 0.810 bits per heavy atom. The number of unbranched alkanes of at least 4 members (excludes halogenated alkanes) is 4. The van der Waals surface area contributed by atoms with Crippen LogP contribution < -0.4 is 0 Å². The summed E-state index contributed by atoms with van der Waals surface area (Å²) in [6.45, 7) is 8.74. The van der Waals surface area contributed by atoms with Gasteiger partial charge in [0.25, 0.3) is 0 Å². The molecule has 0 spiro atoms. The zero-order chi connectivity index (χ0) is 16.1. The average Bonchev–Trinajstić information content (AvgIpc) is 2.45. The summed E-state index contributed by atoms with van der Waals surface area (Å²) in [5.74, 6) is 0. The zero-order valence-electron chi connectivity index (χ0n) is 14.3. The fourth-order valence-corrected chi connectivity index (χ4v) is 5.15. The molecular weight excluding hydrogens is 319 g/mol. The average molecular weight is 355 g/mol. The van der Waals surface area contributed by atoms with Gasteiger partial charge in [-0.05, 0) is 37.5 Å². The van der Waals surface area contributed by atoms with E-state index in [1.54, 1.807) is 0 Å². The van der Waals surface area contributed by atoms with E-state index in [2.05, 4.69) is 39.9 Å². The van der Waals surface area contributed by atoms with E-state index in [9.17, 15) is 0 Å². The fraction of sp³-hybridized carbons (Fsp3) is 1.00. The summed E-state index contributed by atoms with van der Waals surface area (Å²) in [7, 11) is 0. The second-order valence-corrected chi connectivity index (χ2v) is 10.9. The van der Waals surface area contributed by atoms with Gasteiger partial charge in [0, 0.05) is 0 Å². The van der Waals surface area contributed by atoms with Gasteiger partial charge in [0.1, 0.15) is 0 Å². The SMILES string of the molecule is CCCCCC(CC)OP(=S)(S)OC(CC)CCCCC. The van der Waals surface area contributed by atoms with E-state index in [1.165, 1.54) is 38.5 Å². The van der Waals surface area contributed by atoms with Crippen LogP contribution in [0.5, 0.6) is 0 Å². The molecule has 2 unspecified atom stereocenters. The molecule has 0 heterocycles. The van der Waals surface area contributed by atoms with Crippen molar-refractivity contribution in [3.8, 4) is 0 Å². The smallest absolute Gasteiger partial charge is 0.244 e. The van der Waals surface area contributed by atoms with Crippen molar-refractivity contribution in [3.05, 3.63) is 0 Å². The van der Waals surface area contributed by atoms with Crippen LogP contribution in [-0.2, 0) is 20.9 Å². The summed E-state index contributed by atoms with van der Waals surface area (Å²) in [5.41, 5.74) is -2.41. The zero-order valence-corrected chi connectivity index (χ0v) is 17.0. The lowest BCUT2D eigenvalue weighted by Crippen LogP contribution is -2.14. The highest BCUT2D eigenvalue weighted by atomic mass is 32.9. The molecule has 0 radical (unpaired) electrons. The Morgan fingerprint density at radius 3 is 1.48 bits per heavy atom. The van der Waals surface area contributed by atoms with E-state index in [0.29, 0.717) is 0 Å². The van der Waals surface area contributed by atoms with Gasteiger partial charge >= 0.3 is 0 Å². The molecule has 0 fully saturated rings. The summed E-state index contributed by atoms with van der Waals surface area (Å²) in [4.78, 5) is 0. The maximum absolute atomic E-state index is 6.04. The molecule has 0 aromatic rings. The molecule has 0 saturated carbocycles. The molecule has 0 aromatic carbocycles. The lowest BCUT2D eigenvalue weighted by molar-refractivity contribution is 0.133. The molecule has 2 nitrogen and oxygen atoms in total. The van der Waals surface area contributed by atoms with Gasteiger partial charge in [0.2, 0.25) is 5.69 Å². The minimum atomic E-state index is -2.41. The fourth-order valence-electron chi connectivity index (χ4n) is 2.31. The molecule has 2 atom stereocenters. The standard InChI is InChI=1S/C16H35O2PS2/c1-5-9-11-13-15(7-3)17-19(20,21)18-16(8-4)14-12-10-6-2/h15-16H,5-14H2,1-4H3,(H,20,21). The van der Waals surface area contributed by atoms with Gasteiger partial charge in [0.05, 0.1) is 12.2 Å².